The highest BCUT2D eigenvalue weighted by Crippen LogP contribution is 2.44. The number of aromatic nitrogens is 6. The summed E-state index contributed by atoms with van der Waals surface area (Å²) in [6, 6.07) is 176. The second-order valence-electron chi connectivity index (χ2n) is 34.4. The van der Waals surface area contributed by atoms with E-state index in [1.165, 1.54) is 149 Å². The molecule has 6 aromatic heterocycles. The van der Waals surface area contributed by atoms with Crippen molar-refractivity contribution in [3.8, 4) is 168 Å². The van der Waals surface area contributed by atoms with E-state index >= 15 is 0 Å². The molecular weight excluding hydrogens is 1720 g/mol. The van der Waals surface area contributed by atoms with Crippen LogP contribution in [0, 0.1) is 0 Å². The maximum atomic E-state index is 5.07. The van der Waals surface area contributed by atoms with Crippen molar-refractivity contribution in [2.75, 3.05) is 0 Å². The average Bonchev–Trinajstić information content (AvgIpc) is 1.68. The zero-order chi connectivity index (χ0) is 90.9. The van der Waals surface area contributed by atoms with Gasteiger partial charge < -0.3 is 0 Å². The normalized spacial score (nSPS) is 11.4. The van der Waals surface area contributed by atoms with E-state index in [1.54, 1.807) is 0 Å². The van der Waals surface area contributed by atoms with E-state index in [2.05, 4.69) is 425 Å². The summed E-state index contributed by atoms with van der Waals surface area (Å²) in [5.74, 6) is 2.16. The van der Waals surface area contributed by atoms with Gasteiger partial charge in [-0.3, -0.25) is 0 Å². The van der Waals surface area contributed by atoms with Crippen molar-refractivity contribution >= 4 is 116 Å². The number of rotatable bonds is 15. The third kappa shape index (κ3) is 17.2. The molecule has 20 aromatic carbocycles. The summed E-state index contributed by atoms with van der Waals surface area (Å²) in [6.07, 6.45) is 0. The zero-order valence-corrected chi connectivity index (χ0v) is 76.7. The van der Waals surface area contributed by atoms with Gasteiger partial charge >= 0.3 is 0 Å². The second-order valence-corrected chi connectivity index (χ2v) is 37.6. The van der Waals surface area contributed by atoms with Crippen LogP contribution in [0.3, 0.4) is 0 Å². The molecule has 642 valence electrons. The van der Waals surface area contributed by atoms with Gasteiger partial charge in [-0.2, -0.15) is 0 Å². The average molecular weight is 1800 g/mol. The summed E-state index contributed by atoms with van der Waals surface area (Å²) in [4.78, 5) is 30.2. The van der Waals surface area contributed by atoms with Gasteiger partial charge in [0.1, 0.15) is 0 Å². The van der Waals surface area contributed by atoms with Gasteiger partial charge in [0, 0.05) is 111 Å². The zero-order valence-electron chi connectivity index (χ0n) is 74.3. The Morgan fingerprint density at radius 2 is 0.314 bits per heavy atom. The third-order valence-electron chi connectivity index (χ3n) is 25.7. The van der Waals surface area contributed by atoms with Crippen LogP contribution in [0.15, 0.2) is 497 Å². The van der Waals surface area contributed by atoms with Crippen LogP contribution in [-0.2, 0) is 0 Å². The van der Waals surface area contributed by atoms with Crippen molar-refractivity contribution in [2.45, 2.75) is 0 Å². The molecule has 6 nitrogen and oxygen atoms in total. The topological polar surface area (TPSA) is 77.3 Å². The number of hydrogen-bond donors (Lipinski definition) is 0. The number of fused-ring (bicyclic) bond motifs is 11. The molecule has 0 unspecified atom stereocenters. The Morgan fingerprint density at radius 3 is 0.642 bits per heavy atom. The highest BCUT2D eigenvalue weighted by molar-refractivity contribution is 7.26. The molecule has 6 heterocycles. The van der Waals surface area contributed by atoms with Gasteiger partial charge in [0.2, 0.25) is 0 Å². The standard InChI is InChI=1S/C50H32N2S.C44H28N2S.C34H22N2S/c1-2-9-40(10-3-1)50-51-46(32-47(52-50)39-25-20-36(21-26-39)42-27-22-33-8-4-5-11-41(33)30-42)38-23-18-35(19-24-38)34-14-16-37(17-15-34)43-28-29-49-45(31-43)44-12-6-7-13-48(44)53-49;1-2-9-34(10-3-1)44-45-40(32-19-14-30(15-20-32)36-23-18-29-8-4-5-11-35(29)26-36)28-41(46-44)33-21-16-31(17-22-33)37-24-25-43-39(27-37)38-12-6-7-13-42(38)47-43;1-3-10-23(11-4-1)30-22-31(36-34(35-30)24-12-5-2-6-13-24)27-15-9-14-25(20-27)26-18-19-33-29(21-26)28-16-7-8-17-32(28)37-33/h1-32H;1-28H;1-22H. The third-order valence-corrected chi connectivity index (χ3v) is 29.2. The van der Waals surface area contributed by atoms with Gasteiger partial charge in [0.05, 0.1) is 34.2 Å². The van der Waals surface area contributed by atoms with Crippen LogP contribution in [0.5, 0.6) is 0 Å². The molecule has 0 aliphatic heterocycles. The summed E-state index contributed by atoms with van der Waals surface area (Å²) in [6.45, 7) is 0. The lowest BCUT2D eigenvalue weighted by molar-refractivity contribution is 1.18. The fourth-order valence-corrected chi connectivity index (χ4v) is 21.7. The van der Waals surface area contributed by atoms with E-state index in [0.717, 1.165) is 95.9 Å². The minimum atomic E-state index is 0.713. The van der Waals surface area contributed by atoms with Gasteiger partial charge in [0.15, 0.2) is 17.5 Å². The van der Waals surface area contributed by atoms with Crippen LogP contribution in [0.1, 0.15) is 0 Å². The van der Waals surface area contributed by atoms with Crippen molar-refractivity contribution in [1.82, 2.24) is 29.9 Å². The first-order chi connectivity index (χ1) is 67.8. The number of benzene rings is 20. The van der Waals surface area contributed by atoms with Gasteiger partial charge in [-0.05, 0) is 179 Å². The van der Waals surface area contributed by atoms with Crippen molar-refractivity contribution < 1.29 is 0 Å². The number of hydrogen-bond acceptors (Lipinski definition) is 9. The molecule has 9 heteroatoms. The molecule has 26 rings (SSSR count). The molecule has 0 saturated heterocycles. The maximum Gasteiger partial charge on any atom is 0.160 e. The lowest BCUT2D eigenvalue weighted by atomic mass is 9.97. The molecule has 0 amide bonds. The first-order valence-electron chi connectivity index (χ1n) is 46.0. The van der Waals surface area contributed by atoms with Crippen molar-refractivity contribution in [2.24, 2.45) is 0 Å². The number of thiophene rings is 3. The molecule has 137 heavy (non-hydrogen) atoms. The van der Waals surface area contributed by atoms with E-state index in [4.69, 9.17) is 29.9 Å². The first kappa shape index (κ1) is 82.9. The predicted octanol–water partition coefficient (Wildman–Crippen LogP) is 35.8. The Balaban J connectivity index is 0.000000114. The lowest BCUT2D eigenvalue weighted by Crippen LogP contribution is -1.96. The summed E-state index contributed by atoms with van der Waals surface area (Å²) in [7, 11) is 0. The maximum absolute atomic E-state index is 5.07. The highest BCUT2D eigenvalue weighted by atomic mass is 32.1. The van der Waals surface area contributed by atoms with Gasteiger partial charge in [-0.25, -0.2) is 29.9 Å². The van der Waals surface area contributed by atoms with E-state index < -0.39 is 0 Å². The van der Waals surface area contributed by atoms with Crippen LogP contribution in [0.25, 0.3) is 251 Å². The van der Waals surface area contributed by atoms with Crippen LogP contribution >= 0.6 is 34.0 Å². The van der Waals surface area contributed by atoms with E-state index in [0.29, 0.717) is 5.82 Å². The summed E-state index contributed by atoms with van der Waals surface area (Å²) in [5, 5.41) is 12.9. The molecule has 0 atom stereocenters. The van der Waals surface area contributed by atoms with Crippen LogP contribution in [0.2, 0.25) is 0 Å². The SMILES string of the molecule is c1ccc(-c2cc(-c3cccc(-c4ccc5sc6ccccc6c5c4)c3)nc(-c3ccccc3)n2)cc1.c1ccc(-c2nc(-c3ccc(-c4ccc(-c5ccc6sc7ccccc7c6c5)cc4)cc3)cc(-c3ccc(-c4ccc5ccccc5c4)cc3)n2)cc1.c1ccc(-c2nc(-c3ccc(-c4ccc5ccccc5c4)cc3)cc(-c3ccc(-c4ccc5sc6ccccc6c5c4)cc3)n2)cc1. The molecule has 0 bridgehead atoms. The van der Waals surface area contributed by atoms with Crippen molar-refractivity contribution in [3.05, 3.63) is 497 Å². The molecule has 0 radical (unpaired) electrons. The molecule has 0 aliphatic carbocycles. The Morgan fingerprint density at radius 1 is 0.109 bits per heavy atom. The molecule has 0 spiro atoms. The lowest BCUT2D eigenvalue weighted by Gasteiger charge is -2.11. The Hall–Kier alpha value is -17.2. The van der Waals surface area contributed by atoms with Crippen LogP contribution in [-0.4, -0.2) is 29.9 Å². The fourth-order valence-electron chi connectivity index (χ4n) is 18.5. The van der Waals surface area contributed by atoms with E-state index in [-0.39, 0.29) is 0 Å². The first-order valence-corrected chi connectivity index (χ1v) is 48.5. The molecule has 0 N–H and O–H groups in total. The van der Waals surface area contributed by atoms with Crippen LogP contribution < -0.4 is 0 Å². The smallest absolute Gasteiger partial charge is 0.160 e. The van der Waals surface area contributed by atoms with E-state index in [1.807, 2.05) is 107 Å². The highest BCUT2D eigenvalue weighted by Gasteiger charge is 2.20. The van der Waals surface area contributed by atoms with Gasteiger partial charge in [-0.1, -0.05) is 406 Å². The van der Waals surface area contributed by atoms with Gasteiger partial charge in [0.25, 0.3) is 0 Å². The Kier molecular flexibility index (Phi) is 22.3. The Labute approximate surface area is 805 Å². The molecule has 0 saturated carbocycles. The number of nitrogens with zero attached hydrogens (tertiary/aromatic N) is 6. The fraction of sp³-hybridized carbons (Fsp3) is 0. The summed E-state index contributed by atoms with van der Waals surface area (Å²) >= 11 is 5.55. The monoisotopic (exact) mass is 1800 g/mol. The molecule has 26 aromatic rings. The summed E-state index contributed by atoms with van der Waals surface area (Å²) < 4.78 is 7.95. The summed E-state index contributed by atoms with van der Waals surface area (Å²) in [5.41, 5.74) is 29.1. The minimum absolute atomic E-state index is 0.713. The molecular formula is C128H82N6S3. The molecule has 0 aliphatic rings. The van der Waals surface area contributed by atoms with Crippen LogP contribution in [0.4, 0.5) is 0 Å². The second kappa shape index (κ2) is 36.8. The van der Waals surface area contributed by atoms with Crippen molar-refractivity contribution in [3.63, 3.8) is 0 Å². The predicted molar refractivity (Wildman–Crippen MR) is 581 cm³/mol. The Bertz CT molecular complexity index is 8910. The quantitative estimate of drug-likeness (QED) is 0.102. The molecule has 0 fully saturated rings. The van der Waals surface area contributed by atoms with Crippen molar-refractivity contribution in [1.29, 1.82) is 0 Å². The van der Waals surface area contributed by atoms with E-state index in [9.17, 15) is 0 Å². The largest absolute Gasteiger partial charge is 0.228 e. The minimum Gasteiger partial charge on any atom is -0.228 e. The van der Waals surface area contributed by atoms with Gasteiger partial charge in [-0.15, -0.1) is 34.0 Å².